The summed E-state index contributed by atoms with van der Waals surface area (Å²) in [5, 5.41) is 0. The number of ether oxygens (including phenoxy) is 2. The number of carbonyl (C=O) groups excluding carboxylic acids is 1. The predicted molar refractivity (Wildman–Crippen MR) is 63.1 cm³/mol. The smallest absolute Gasteiger partial charge is 0.323 e. The molecule has 0 aromatic rings. The molecule has 2 amide bonds. The van der Waals surface area contributed by atoms with Crippen molar-refractivity contribution < 1.29 is 14.3 Å². The number of nitrogens with zero attached hydrogens (tertiary/aromatic N) is 2. The lowest BCUT2D eigenvalue weighted by Crippen LogP contribution is -2.45. The highest BCUT2D eigenvalue weighted by Gasteiger charge is 2.18. The third-order valence-electron chi connectivity index (χ3n) is 2.21. The maximum absolute atomic E-state index is 12.0. The molecule has 0 atom stereocenters. The molecule has 0 bridgehead atoms. The summed E-state index contributed by atoms with van der Waals surface area (Å²) in [5.74, 6) is 0. The summed E-state index contributed by atoms with van der Waals surface area (Å²) in [6.45, 7) is 10.9. The average molecular weight is 232 g/mol. The summed E-state index contributed by atoms with van der Waals surface area (Å²) < 4.78 is 10.5. The molecule has 0 aromatic heterocycles. The van der Waals surface area contributed by atoms with Crippen molar-refractivity contribution in [1.29, 1.82) is 0 Å². The fraction of sp³-hybridized carbons (Fsp3) is 0.909. The van der Waals surface area contributed by atoms with Gasteiger partial charge in [-0.1, -0.05) is 0 Å². The van der Waals surface area contributed by atoms with E-state index >= 15 is 0 Å². The molecule has 0 unspecified atom stereocenters. The number of urea groups is 1. The molecule has 0 radical (unpaired) electrons. The van der Waals surface area contributed by atoms with Gasteiger partial charge in [-0.25, -0.2) is 4.79 Å². The Labute approximate surface area is 98.3 Å². The van der Waals surface area contributed by atoms with Crippen LogP contribution in [0.3, 0.4) is 0 Å². The number of hydrogen-bond acceptors (Lipinski definition) is 3. The Balaban J connectivity index is 4.28. The minimum atomic E-state index is -0.0353. The largest absolute Gasteiger partial charge is 0.361 e. The maximum atomic E-state index is 12.0. The lowest BCUT2D eigenvalue weighted by atomic mass is 10.5. The van der Waals surface area contributed by atoms with Crippen LogP contribution in [-0.4, -0.2) is 55.6 Å². The zero-order chi connectivity index (χ0) is 12.4. The van der Waals surface area contributed by atoms with Crippen LogP contribution >= 0.6 is 0 Å². The Bertz CT molecular complexity index is 176. The van der Waals surface area contributed by atoms with Gasteiger partial charge in [0.25, 0.3) is 0 Å². The summed E-state index contributed by atoms with van der Waals surface area (Å²) in [7, 11) is 0. The monoisotopic (exact) mass is 232 g/mol. The van der Waals surface area contributed by atoms with E-state index in [0.29, 0.717) is 26.3 Å². The van der Waals surface area contributed by atoms with E-state index in [-0.39, 0.29) is 19.5 Å². The Hall–Kier alpha value is -0.810. The van der Waals surface area contributed by atoms with Crippen molar-refractivity contribution in [2.75, 3.05) is 39.8 Å². The van der Waals surface area contributed by atoms with Gasteiger partial charge in [-0.15, -0.1) is 0 Å². The molecule has 0 heterocycles. The maximum Gasteiger partial charge on any atom is 0.323 e. The topological polar surface area (TPSA) is 42.0 Å². The Morgan fingerprint density at radius 3 is 1.62 bits per heavy atom. The lowest BCUT2D eigenvalue weighted by molar-refractivity contribution is -0.0223. The van der Waals surface area contributed by atoms with Gasteiger partial charge in [0.05, 0.1) is 0 Å². The normalized spacial score (nSPS) is 10.2. The zero-order valence-corrected chi connectivity index (χ0v) is 10.9. The molecule has 0 saturated carbocycles. The third-order valence-corrected chi connectivity index (χ3v) is 2.21. The average Bonchev–Trinajstić information content (AvgIpc) is 2.30. The molecule has 0 aromatic carbocycles. The summed E-state index contributed by atoms with van der Waals surface area (Å²) in [4.78, 5) is 15.3. The van der Waals surface area contributed by atoms with Crippen molar-refractivity contribution in [3.63, 3.8) is 0 Å². The first kappa shape index (κ1) is 15.2. The molecule has 0 rings (SSSR count). The second-order valence-electron chi connectivity index (χ2n) is 3.24. The summed E-state index contributed by atoms with van der Waals surface area (Å²) >= 11 is 0. The molecule has 0 fully saturated rings. The van der Waals surface area contributed by atoms with Crippen LogP contribution in [-0.2, 0) is 9.47 Å². The highest BCUT2D eigenvalue weighted by atomic mass is 16.5. The van der Waals surface area contributed by atoms with Gasteiger partial charge < -0.3 is 14.4 Å². The minimum absolute atomic E-state index is 0.0353. The fourth-order valence-corrected chi connectivity index (χ4v) is 1.24. The van der Waals surface area contributed by atoms with E-state index in [1.807, 2.05) is 27.7 Å². The van der Waals surface area contributed by atoms with Crippen molar-refractivity contribution >= 4 is 6.03 Å². The first-order valence-electron chi connectivity index (χ1n) is 5.90. The van der Waals surface area contributed by atoms with Gasteiger partial charge in [-0.05, 0) is 27.7 Å². The molecule has 16 heavy (non-hydrogen) atoms. The van der Waals surface area contributed by atoms with E-state index in [9.17, 15) is 4.79 Å². The second-order valence-corrected chi connectivity index (χ2v) is 3.24. The van der Waals surface area contributed by atoms with Gasteiger partial charge in [-0.2, -0.15) is 0 Å². The van der Waals surface area contributed by atoms with Crippen molar-refractivity contribution in [1.82, 2.24) is 9.80 Å². The predicted octanol–water partition coefficient (Wildman–Crippen LogP) is 1.74. The summed E-state index contributed by atoms with van der Waals surface area (Å²) in [6.07, 6.45) is 0. The van der Waals surface area contributed by atoms with Crippen LogP contribution in [0.15, 0.2) is 0 Å². The molecule has 96 valence electrons. The van der Waals surface area contributed by atoms with Gasteiger partial charge in [0.2, 0.25) is 0 Å². The van der Waals surface area contributed by atoms with Crippen LogP contribution in [0.1, 0.15) is 27.7 Å². The molecular weight excluding hydrogens is 208 g/mol. The molecule has 0 saturated heterocycles. The zero-order valence-electron chi connectivity index (χ0n) is 10.9. The molecule has 0 N–H and O–H groups in total. The van der Waals surface area contributed by atoms with Gasteiger partial charge in [0, 0.05) is 26.3 Å². The SMILES string of the molecule is CCOCN(COCC)C(=O)N(CC)CC. The third kappa shape index (κ3) is 5.32. The molecule has 5 heteroatoms. The standard InChI is InChI=1S/C11H24N2O3/c1-5-12(6-2)11(14)13(9-15-7-3)10-16-8-4/h5-10H2,1-4H3. The van der Waals surface area contributed by atoms with Gasteiger partial charge in [0.15, 0.2) is 0 Å². The van der Waals surface area contributed by atoms with E-state index in [0.717, 1.165) is 0 Å². The van der Waals surface area contributed by atoms with Gasteiger partial charge >= 0.3 is 6.03 Å². The van der Waals surface area contributed by atoms with Gasteiger partial charge in [0.1, 0.15) is 13.5 Å². The molecule has 0 aliphatic rings. The molecule has 0 aliphatic carbocycles. The molecule has 5 nitrogen and oxygen atoms in total. The molecule has 0 aliphatic heterocycles. The van der Waals surface area contributed by atoms with Crippen LogP contribution in [0.2, 0.25) is 0 Å². The van der Waals surface area contributed by atoms with Crippen molar-refractivity contribution in [3.05, 3.63) is 0 Å². The molecular formula is C11H24N2O3. The van der Waals surface area contributed by atoms with E-state index in [1.54, 1.807) is 9.80 Å². The highest BCUT2D eigenvalue weighted by Crippen LogP contribution is 2.00. The van der Waals surface area contributed by atoms with E-state index in [1.165, 1.54) is 0 Å². The fourth-order valence-electron chi connectivity index (χ4n) is 1.24. The van der Waals surface area contributed by atoms with Crippen LogP contribution in [0, 0.1) is 0 Å². The number of amides is 2. The Kier molecular flexibility index (Phi) is 8.94. The van der Waals surface area contributed by atoms with Crippen LogP contribution in [0.4, 0.5) is 4.79 Å². The first-order valence-corrected chi connectivity index (χ1v) is 5.90. The first-order chi connectivity index (χ1) is 7.71. The summed E-state index contributed by atoms with van der Waals surface area (Å²) in [6, 6.07) is -0.0353. The highest BCUT2D eigenvalue weighted by molar-refractivity contribution is 5.74. The van der Waals surface area contributed by atoms with Crippen molar-refractivity contribution in [3.8, 4) is 0 Å². The number of hydrogen-bond donors (Lipinski definition) is 0. The quantitative estimate of drug-likeness (QED) is 0.599. The molecule has 0 spiro atoms. The Morgan fingerprint density at radius 2 is 1.31 bits per heavy atom. The summed E-state index contributed by atoms with van der Waals surface area (Å²) in [5.41, 5.74) is 0. The van der Waals surface area contributed by atoms with E-state index < -0.39 is 0 Å². The van der Waals surface area contributed by atoms with Gasteiger partial charge in [-0.3, -0.25) is 4.90 Å². The minimum Gasteiger partial charge on any atom is -0.361 e. The number of rotatable bonds is 8. The second kappa shape index (κ2) is 9.42. The van der Waals surface area contributed by atoms with E-state index in [2.05, 4.69) is 0 Å². The number of carbonyl (C=O) groups is 1. The van der Waals surface area contributed by atoms with E-state index in [4.69, 9.17) is 9.47 Å². The van der Waals surface area contributed by atoms with Crippen LogP contribution in [0.5, 0.6) is 0 Å². The lowest BCUT2D eigenvalue weighted by Gasteiger charge is -2.28. The van der Waals surface area contributed by atoms with Crippen LogP contribution < -0.4 is 0 Å². The van der Waals surface area contributed by atoms with Crippen LogP contribution in [0.25, 0.3) is 0 Å². The van der Waals surface area contributed by atoms with Crippen molar-refractivity contribution in [2.24, 2.45) is 0 Å². The Morgan fingerprint density at radius 1 is 0.875 bits per heavy atom. The van der Waals surface area contributed by atoms with Crippen molar-refractivity contribution in [2.45, 2.75) is 27.7 Å².